The molecule has 0 radical (unpaired) electrons. The molecule has 390 valence electrons. The number of rotatable bonds is 21. The molecule has 0 fully saturated rings. The first-order valence-corrected chi connectivity index (χ1v) is 28.2. The summed E-state index contributed by atoms with van der Waals surface area (Å²) in [4.78, 5) is 20.9. The molecule has 0 aliphatic heterocycles. The van der Waals surface area contributed by atoms with Crippen molar-refractivity contribution in [2.45, 2.75) is 38.6 Å². The van der Waals surface area contributed by atoms with Crippen LogP contribution in [0.4, 0.5) is 56.0 Å². The molecule has 30 heteroatoms. The molecular formula is C44H47N13O10S7. The van der Waals surface area contributed by atoms with Gasteiger partial charge in [0.25, 0.3) is 0 Å². The summed E-state index contributed by atoms with van der Waals surface area (Å²) in [5, 5.41) is 33.1. The number of nitrogens with one attached hydrogen (secondary N) is 2. The molecule has 0 saturated heterocycles. The molecule has 0 aliphatic rings. The average Bonchev–Trinajstić information content (AvgIpc) is 4.20. The molecule has 0 aliphatic carbocycles. The first kappa shape index (κ1) is 56.3. The number of azo groups is 2. The Labute approximate surface area is 448 Å². The lowest BCUT2D eigenvalue weighted by Gasteiger charge is -2.25. The summed E-state index contributed by atoms with van der Waals surface area (Å²) in [6, 6.07) is 17.9. The summed E-state index contributed by atoms with van der Waals surface area (Å²) in [6.45, 7) is 11.4. The second-order valence-electron chi connectivity index (χ2n) is 14.5. The molecule has 23 nitrogen and oxygen atoms in total. The van der Waals surface area contributed by atoms with Crippen LogP contribution in [-0.4, -0.2) is 104 Å². The van der Waals surface area contributed by atoms with Crippen molar-refractivity contribution >= 4 is 155 Å². The van der Waals surface area contributed by atoms with Gasteiger partial charge < -0.3 is 39.4 Å². The van der Waals surface area contributed by atoms with E-state index in [2.05, 4.69) is 69.0 Å². The van der Waals surface area contributed by atoms with Crippen molar-refractivity contribution in [3.05, 3.63) is 70.9 Å². The van der Waals surface area contributed by atoms with Crippen molar-refractivity contribution in [2.75, 3.05) is 75.1 Å². The Morgan fingerprint density at radius 3 is 1.35 bits per heavy atom. The van der Waals surface area contributed by atoms with Gasteiger partial charge in [0, 0.05) is 54.8 Å². The van der Waals surface area contributed by atoms with Crippen molar-refractivity contribution < 1.29 is 44.2 Å². The maximum atomic E-state index is 8.44. The number of hydrogen-bond donors (Lipinski definition) is 2. The molecule has 8 aromatic rings. The van der Waals surface area contributed by atoms with Crippen LogP contribution in [0.2, 0.25) is 0 Å². The zero-order valence-corrected chi connectivity index (χ0v) is 46.5. The molecule has 0 spiro atoms. The molecule has 3 aromatic carbocycles. The average molecular weight is 1140 g/mol. The van der Waals surface area contributed by atoms with E-state index >= 15 is 0 Å². The number of methoxy groups -OCH3 is 4. The lowest BCUT2D eigenvalue weighted by atomic mass is 10.2. The van der Waals surface area contributed by atoms with Gasteiger partial charge in [-0.05, 0) is 68.5 Å². The van der Waals surface area contributed by atoms with Gasteiger partial charge in [-0.1, -0.05) is 42.1 Å². The lowest BCUT2D eigenvalue weighted by Crippen LogP contribution is -2.22. The van der Waals surface area contributed by atoms with Crippen LogP contribution in [0.5, 0.6) is 23.0 Å². The van der Waals surface area contributed by atoms with Crippen molar-refractivity contribution in [3.63, 3.8) is 0 Å². The molecular weight excluding hydrogens is 1100 g/mol. The van der Waals surface area contributed by atoms with Crippen molar-refractivity contribution in [1.82, 2.24) is 23.7 Å². The number of benzene rings is 3. The highest BCUT2D eigenvalue weighted by Crippen LogP contribution is 2.47. The minimum atomic E-state index is -3.11. The Kier molecular flexibility index (Phi) is 20.8. The first-order chi connectivity index (χ1) is 35.8. The maximum Gasteiger partial charge on any atom is 0.425 e. The highest BCUT2D eigenvalue weighted by atomic mass is 32.2. The van der Waals surface area contributed by atoms with E-state index in [9.17, 15) is 0 Å². The van der Waals surface area contributed by atoms with Gasteiger partial charge in [0.05, 0.1) is 62.0 Å². The van der Waals surface area contributed by atoms with Crippen LogP contribution in [0.1, 0.15) is 33.3 Å². The second-order valence-corrected chi connectivity index (χ2v) is 19.4. The molecule has 74 heavy (non-hydrogen) atoms. The summed E-state index contributed by atoms with van der Waals surface area (Å²) in [5.41, 5.74) is 5.03. The summed E-state index contributed by atoms with van der Waals surface area (Å²) in [6.07, 6.45) is 0. The molecule has 2 N–H and O–H groups in total. The molecule has 5 heterocycles. The van der Waals surface area contributed by atoms with Gasteiger partial charge in [-0.15, -0.1) is 68.4 Å². The SMILES string of the molecule is CCN(CC)c1cc(Nc2nc(Nc3cc(N(CC)CC)c(OC)cc3N=Nc3snc4scc(OC)c34)nc(SCc3ccccc3)n2)c(N=Nc2snc3scc(OC)c23)cc1OC.O=S(=O)=O.O=S(=O)=O. The summed E-state index contributed by atoms with van der Waals surface area (Å²) >= 11 is 7.00. The fraction of sp³-hybridized carbons (Fsp3) is 0.295. The van der Waals surface area contributed by atoms with E-state index in [0.29, 0.717) is 66.7 Å². The van der Waals surface area contributed by atoms with E-state index in [1.54, 1.807) is 28.4 Å². The van der Waals surface area contributed by atoms with Crippen molar-refractivity contribution in [2.24, 2.45) is 20.5 Å². The standard InChI is InChI=1S/C44H47N13O4S5.2O3S/c1-9-56(10-2)30-18-26(28(20-32(30)58-5)50-52-38-36-34(60-7)23-62-40(36)54-65-38)45-42-47-43(49-44(48-42)64-22-25-16-14-13-15-17-25)46-27-19-31(57(11-3)12-4)33(59-6)21-29(27)51-53-39-37-35(61-8)24-63-41(37)55-66-39;2*1-4(2)3/h13-21,23-24H,9-12,22H2,1-8H3,(H2,45,46,47,48,49);;. The molecule has 5 aromatic heterocycles. The zero-order chi connectivity index (χ0) is 53.3. The van der Waals surface area contributed by atoms with Crippen LogP contribution in [-0.2, 0) is 27.0 Å². The summed E-state index contributed by atoms with van der Waals surface area (Å²) in [5.74, 6) is 3.84. The van der Waals surface area contributed by atoms with E-state index in [0.717, 1.165) is 63.6 Å². The third kappa shape index (κ3) is 14.4. The van der Waals surface area contributed by atoms with Crippen LogP contribution < -0.4 is 39.4 Å². The number of hydrogen-bond acceptors (Lipinski definition) is 28. The van der Waals surface area contributed by atoms with Gasteiger partial charge in [-0.3, -0.25) is 0 Å². The number of fused-ring (bicyclic) bond motifs is 2. The fourth-order valence-electron chi connectivity index (χ4n) is 7.02. The Morgan fingerprint density at radius 2 is 0.973 bits per heavy atom. The predicted octanol–water partition coefficient (Wildman–Crippen LogP) is 11.5. The largest absolute Gasteiger partial charge is 0.495 e. The number of thiophene rings is 2. The van der Waals surface area contributed by atoms with Crippen LogP contribution in [0.15, 0.2) is 91.0 Å². The molecule has 0 amide bonds. The van der Waals surface area contributed by atoms with E-state index in [1.165, 1.54) is 57.5 Å². The Morgan fingerprint density at radius 1 is 0.568 bits per heavy atom. The van der Waals surface area contributed by atoms with Crippen molar-refractivity contribution in [3.8, 4) is 23.0 Å². The van der Waals surface area contributed by atoms with Crippen LogP contribution in [0.25, 0.3) is 20.4 Å². The molecule has 0 saturated carbocycles. The van der Waals surface area contributed by atoms with Crippen LogP contribution >= 0.6 is 57.5 Å². The number of thioether (sulfide) groups is 1. The third-order valence-corrected chi connectivity index (χ3v) is 14.7. The minimum absolute atomic E-state index is 0.270. The van der Waals surface area contributed by atoms with Crippen LogP contribution in [0.3, 0.4) is 0 Å². The number of ether oxygens (including phenoxy) is 4. The topological polar surface area (TPSA) is 284 Å². The lowest BCUT2D eigenvalue weighted by molar-refractivity contribution is 0.414. The maximum absolute atomic E-state index is 8.44. The molecule has 0 bridgehead atoms. The quantitative estimate of drug-likeness (QED) is 0.0499. The van der Waals surface area contributed by atoms with E-state index in [-0.39, 0.29) is 11.9 Å². The predicted molar refractivity (Wildman–Crippen MR) is 291 cm³/mol. The number of nitrogens with zero attached hydrogens (tertiary/aromatic N) is 11. The fourth-order valence-corrected chi connectivity index (χ4v) is 11.3. The molecule has 0 atom stereocenters. The van der Waals surface area contributed by atoms with Gasteiger partial charge >= 0.3 is 21.2 Å². The van der Waals surface area contributed by atoms with E-state index < -0.39 is 21.2 Å². The minimum Gasteiger partial charge on any atom is -0.495 e. The third-order valence-electron chi connectivity index (χ3n) is 10.4. The Hall–Kier alpha value is -6.96. The smallest absolute Gasteiger partial charge is 0.425 e. The van der Waals surface area contributed by atoms with Crippen LogP contribution in [0, 0.1) is 0 Å². The molecule has 0 unspecified atom stereocenters. The van der Waals surface area contributed by atoms with Gasteiger partial charge in [-0.2, -0.15) is 23.7 Å². The van der Waals surface area contributed by atoms with E-state index in [1.807, 2.05) is 53.2 Å². The van der Waals surface area contributed by atoms with Gasteiger partial charge in [0.15, 0.2) is 15.2 Å². The number of anilines is 6. The highest BCUT2D eigenvalue weighted by molar-refractivity contribution is 7.98. The monoisotopic (exact) mass is 1140 g/mol. The van der Waals surface area contributed by atoms with Gasteiger partial charge in [0.2, 0.25) is 11.9 Å². The zero-order valence-electron chi connectivity index (χ0n) is 40.7. The summed E-state index contributed by atoms with van der Waals surface area (Å²) in [7, 11) is 0.341. The van der Waals surface area contributed by atoms with Gasteiger partial charge in [0.1, 0.15) is 44.0 Å². The highest BCUT2D eigenvalue weighted by Gasteiger charge is 2.21. The summed E-state index contributed by atoms with van der Waals surface area (Å²) < 4.78 is 82.9. The van der Waals surface area contributed by atoms with Gasteiger partial charge in [-0.25, -0.2) is 0 Å². The Bertz CT molecular complexity index is 3260. The second kappa shape index (κ2) is 27.4. The first-order valence-electron chi connectivity index (χ1n) is 21.9. The normalized spacial score (nSPS) is 11.0. The number of aromatic nitrogens is 5. The van der Waals surface area contributed by atoms with E-state index in [4.69, 9.17) is 79.6 Å². The Balaban J connectivity index is 0.00000104. The molecule has 8 rings (SSSR count). The van der Waals surface area contributed by atoms with Crippen molar-refractivity contribution in [1.29, 1.82) is 0 Å².